The van der Waals surface area contributed by atoms with Gasteiger partial charge in [-0.3, -0.25) is 4.79 Å². The number of aliphatic hydroxyl groups excluding tert-OH is 1. The van der Waals surface area contributed by atoms with E-state index >= 15 is 0 Å². The van der Waals surface area contributed by atoms with Gasteiger partial charge >= 0.3 is 0 Å². The minimum atomic E-state index is -0.219. The molecule has 0 atom stereocenters. The Bertz CT molecular complexity index is 579. The van der Waals surface area contributed by atoms with Gasteiger partial charge in [0.2, 0.25) is 0 Å². The molecule has 104 valence electrons. The van der Waals surface area contributed by atoms with Crippen LogP contribution < -0.4 is 10.1 Å². The molecular weight excluding hydrogens is 254 g/mol. The molecule has 0 heterocycles. The molecule has 4 nitrogen and oxygen atoms in total. The van der Waals surface area contributed by atoms with Gasteiger partial charge in [-0.1, -0.05) is 29.8 Å². The number of carbonyl (C=O) groups is 1. The van der Waals surface area contributed by atoms with Crippen molar-refractivity contribution in [2.24, 2.45) is 0 Å². The van der Waals surface area contributed by atoms with Gasteiger partial charge in [-0.25, -0.2) is 0 Å². The van der Waals surface area contributed by atoms with E-state index in [-0.39, 0.29) is 19.1 Å². The van der Waals surface area contributed by atoms with Gasteiger partial charge in [0.15, 0.2) is 6.61 Å². The summed E-state index contributed by atoms with van der Waals surface area (Å²) in [5.74, 6) is 0.346. The zero-order chi connectivity index (χ0) is 14.4. The number of carbonyl (C=O) groups excluding carboxylic acids is 1. The molecular formula is C16H17NO3. The Balaban J connectivity index is 1.87. The van der Waals surface area contributed by atoms with Crippen LogP contribution in [0.4, 0.5) is 5.69 Å². The van der Waals surface area contributed by atoms with Crippen molar-refractivity contribution in [3.05, 3.63) is 59.7 Å². The van der Waals surface area contributed by atoms with Crippen molar-refractivity contribution >= 4 is 11.6 Å². The second kappa shape index (κ2) is 6.73. The normalized spacial score (nSPS) is 10.1. The molecule has 0 fully saturated rings. The summed E-state index contributed by atoms with van der Waals surface area (Å²) in [6.45, 7) is 1.87. The van der Waals surface area contributed by atoms with Crippen molar-refractivity contribution in [2.45, 2.75) is 13.5 Å². The van der Waals surface area contributed by atoms with Crippen LogP contribution in [0, 0.1) is 6.92 Å². The van der Waals surface area contributed by atoms with E-state index in [0.717, 1.165) is 16.8 Å². The summed E-state index contributed by atoms with van der Waals surface area (Å²) >= 11 is 0. The highest BCUT2D eigenvalue weighted by Gasteiger charge is 2.04. The van der Waals surface area contributed by atoms with E-state index in [1.807, 2.05) is 31.2 Å². The van der Waals surface area contributed by atoms with Crippen molar-refractivity contribution < 1.29 is 14.6 Å². The number of hydrogen-bond acceptors (Lipinski definition) is 3. The molecule has 0 aliphatic rings. The number of hydrogen-bond donors (Lipinski definition) is 2. The van der Waals surface area contributed by atoms with E-state index in [0.29, 0.717) is 5.75 Å². The average Bonchev–Trinajstić information content (AvgIpc) is 2.48. The number of benzene rings is 2. The van der Waals surface area contributed by atoms with Crippen molar-refractivity contribution in [2.75, 3.05) is 11.9 Å². The number of aliphatic hydroxyl groups is 1. The summed E-state index contributed by atoms with van der Waals surface area (Å²) in [5.41, 5.74) is 2.63. The fourth-order valence-corrected chi connectivity index (χ4v) is 1.72. The van der Waals surface area contributed by atoms with Gasteiger partial charge in [-0.2, -0.15) is 0 Å². The van der Waals surface area contributed by atoms with Gasteiger partial charge in [0, 0.05) is 5.69 Å². The van der Waals surface area contributed by atoms with Crippen LogP contribution in [0.2, 0.25) is 0 Å². The van der Waals surface area contributed by atoms with E-state index in [2.05, 4.69) is 5.32 Å². The average molecular weight is 271 g/mol. The summed E-state index contributed by atoms with van der Waals surface area (Å²) in [4.78, 5) is 11.7. The molecule has 2 rings (SSSR count). The molecule has 0 aromatic heterocycles. The zero-order valence-corrected chi connectivity index (χ0v) is 11.3. The Hall–Kier alpha value is -2.33. The summed E-state index contributed by atoms with van der Waals surface area (Å²) in [6.07, 6.45) is 0. The van der Waals surface area contributed by atoms with Crippen molar-refractivity contribution in [3.63, 3.8) is 0 Å². The molecule has 0 unspecified atom stereocenters. The fourth-order valence-electron chi connectivity index (χ4n) is 1.72. The van der Waals surface area contributed by atoms with Crippen LogP contribution >= 0.6 is 0 Å². The molecule has 0 saturated carbocycles. The number of nitrogens with one attached hydrogen (secondary N) is 1. The third-order valence-corrected chi connectivity index (χ3v) is 2.79. The van der Waals surface area contributed by atoms with Crippen molar-refractivity contribution in [3.8, 4) is 5.75 Å². The number of rotatable bonds is 5. The molecule has 0 bridgehead atoms. The Labute approximate surface area is 118 Å². The van der Waals surface area contributed by atoms with Crippen LogP contribution in [-0.4, -0.2) is 17.6 Å². The standard InChI is InChI=1S/C16H17NO3/c1-12-5-7-14(8-6-12)17-16(19)11-20-15-4-2-3-13(9-15)10-18/h2-9,18H,10-11H2,1H3,(H,17,19). The molecule has 2 aromatic rings. The molecule has 0 spiro atoms. The van der Waals surface area contributed by atoms with Gasteiger partial charge in [0.05, 0.1) is 6.61 Å². The lowest BCUT2D eigenvalue weighted by Crippen LogP contribution is -2.20. The predicted molar refractivity (Wildman–Crippen MR) is 77.7 cm³/mol. The summed E-state index contributed by atoms with van der Waals surface area (Å²) in [5, 5.41) is 11.8. The van der Waals surface area contributed by atoms with Crippen molar-refractivity contribution in [1.82, 2.24) is 0 Å². The van der Waals surface area contributed by atoms with Gasteiger partial charge in [0.25, 0.3) is 5.91 Å². The second-order valence-corrected chi connectivity index (χ2v) is 4.51. The highest BCUT2D eigenvalue weighted by Crippen LogP contribution is 2.13. The minimum Gasteiger partial charge on any atom is -0.484 e. The second-order valence-electron chi connectivity index (χ2n) is 4.51. The van der Waals surface area contributed by atoms with E-state index in [1.54, 1.807) is 24.3 Å². The molecule has 0 aliphatic heterocycles. The summed E-state index contributed by atoms with van der Waals surface area (Å²) < 4.78 is 5.38. The first-order chi connectivity index (χ1) is 9.67. The lowest BCUT2D eigenvalue weighted by molar-refractivity contribution is -0.118. The van der Waals surface area contributed by atoms with E-state index in [1.165, 1.54) is 0 Å². The largest absolute Gasteiger partial charge is 0.484 e. The van der Waals surface area contributed by atoms with E-state index in [4.69, 9.17) is 9.84 Å². The SMILES string of the molecule is Cc1ccc(NC(=O)COc2cccc(CO)c2)cc1. The Morgan fingerprint density at radius 2 is 1.95 bits per heavy atom. The topological polar surface area (TPSA) is 58.6 Å². The molecule has 0 aliphatic carbocycles. The minimum absolute atomic E-state index is 0.0488. The van der Waals surface area contributed by atoms with Crippen LogP contribution in [0.15, 0.2) is 48.5 Å². The fraction of sp³-hybridized carbons (Fsp3) is 0.188. The molecule has 2 aromatic carbocycles. The van der Waals surface area contributed by atoms with Crippen LogP contribution in [0.3, 0.4) is 0 Å². The number of amides is 1. The predicted octanol–water partition coefficient (Wildman–Crippen LogP) is 2.50. The number of aryl methyl sites for hydroxylation is 1. The third-order valence-electron chi connectivity index (χ3n) is 2.79. The summed E-state index contributed by atoms with van der Waals surface area (Å²) in [6, 6.07) is 14.6. The summed E-state index contributed by atoms with van der Waals surface area (Å²) in [7, 11) is 0. The molecule has 20 heavy (non-hydrogen) atoms. The smallest absolute Gasteiger partial charge is 0.262 e. The van der Waals surface area contributed by atoms with Crippen LogP contribution in [0.25, 0.3) is 0 Å². The van der Waals surface area contributed by atoms with Gasteiger partial charge in [-0.15, -0.1) is 0 Å². The first-order valence-corrected chi connectivity index (χ1v) is 6.36. The maximum Gasteiger partial charge on any atom is 0.262 e. The first kappa shape index (κ1) is 14.1. The number of ether oxygens (including phenoxy) is 1. The quantitative estimate of drug-likeness (QED) is 0.878. The Kier molecular flexibility index (Phi) is 4.74. The molecule has 2 N–H and O–H groups in total. The van der Waals surface area contributed by atoms with Gasteiger partial charge < -0.3 is 15.2 Å². The van der Waals surface area contributed by atoms with Gasteiger partial charge in [0.1, 0.15) is 5.75 Å². The number of anilines is 1. The highest BCUT2D eigenvalue weighted by molar-refractivity contribution is 5.91. The van der Waals surface area contributed by atoms with Crippen LogP contribution in [0.5, 0.6) is 5.75 Å². The lowest BCUT2D eigenvalue weighted by Gasteiger charge is -2.08. The van der Waals surface area contributed by atoms with Crippen molar-refractivity contribution in [1.29, 1.82) is 0 Å². The molecule has 4 heteroatoms. The maximum absolute atomic E-state index is 11.7. The lowest BCUT2D eigenvalue weighted by atomic mass is 10.2. The zero-order valence-electron chi connectivity index (χ0n) is 11.3. The Morgan fingerprint density at radius 3 is 2.65 bits per heavy atom. The van der Waals surface area contributed by atoms with E-state index in [9.17, 15) is 4.79 Å². The molecule has 0 radical (unpaired) electrons. The molecule has 0 saturated heterocycles. The first-order valence-electron chi connectivity index (χ1n) is 6.36. The van der Waals surface area contributed by atoms with E-state index < -0.39 is 0 Å². The maximum atomic E-state index is 11.7. The van der Waals surface area contributed by atoms with Gasteiger partial charge in [-0.05, 0) is 36.8 Å². The Morgan fingerprint density at radius 1 is 1.20 bits per heavy atom. The highest BCUT2D eigenvalue weighted by atomic mass is 16.5. The monoisotopic (exact) mass is 271 g/mol. The van der Waals surface area contributed by atoms with Crippen LogP contribution in [0.1, 0.15) is 11.1 Å². The molecule has 1 amide bonds. The van der Waals surface area contributed by atoms with Crippen LogP contribution in [-0.2, 0) is 11.4 Å². The third kappa shape index (κ3) is 4.10.